The monoisotopic (exact) mass is 436 g/mol. The molecule has 0 aliphatic heterocycles. The number of hydrogen-bond acceptors (Lipinski definition) is 4. The molecule has 0 aromatic heterocycles. The number of anilines is 1. The third kappa shape index (κ3) is 3.92. The maximum atomic E-state index is 13.2. The van der Waals surface area contributed by atoms with E-state index >= 15 is 0 Å². The summed E-state index contributed by atoms with van der Waals surface area (Å²) >= 11 is 5.95. The fourth-order valence-corrected chi connectivity index (χ4v) is 6.40. The van der Waals surface area contributed by atoms with E-state index in [0.717, 1.165) is 38.2 Å². The minimum absolute atomic E-state index is 0.0696. The molecule has 4 aliphatic carbocycles. The van der Waals surface area contributed by atoms with Gasteiger partial charge in [0.05, 0.1) is 16.1 Å². The number of ether oxygens (including phenoxy) is 1. The fraction of sp³-hybridized carbons (Fsp3) is 0.591. The van der Waals surface area contributed by atoms with Gasteiger partial charge in [-0.3, -0.25) is 14.4 Å². The molecule has 5 rings (SSSR count). The summed E-state index contributed by atoms with van der Waals surface area (Å²) in [4.78, 5) is 37.5. The van der Waals surface area contributed by atoms with Crippen LogP contribution in [0.25, 0.3) is 0 Å². The first-order chi connectivity index (χ1) is 14.1. The van der Waals surface area contributed by atoms with Crippen LogP contribution in [0.1, 0.15) is 52.4 Å². The van der Waals surface area contributed by atoms with Gasteiger partial charge in [0.1, 0.15) is 5.82 Å². The number of esters is 1. The second-order valence-corrected chi connectivity index (χ2v) is 9.77. The third-order valence-corrected chi connectivity index (χ3v) is 7.09. The zero-order chi connectivity index (χ0) is 21.7. The molecule has 1 aromatic carbocycles. The largest absolute Gasteiger partial charge is 0.452 e. The first-order valence-electron chi connectivity index (χ1n) is 10.4. The van der Waals surface area contributed by atoms with Crippen molar-refractivity contribution >= 4 is 35.1 Å². The van der Waals surface area contributed by atoms with Crippen LogP contribution in [-0.4, -0.2) is 29.4 Å². The van der Waals surface area contributed by atoms with Gasteiger partial charge in [-0.25, -0.2) is 4.39 Å². The predicted molar refractivity (Wildman–Crippen MR) is 109 cm³/mol. The molecule has 0 spiro atoms. The molecule has 2 N–H and O–H groups in total. The summed E-state index contributed by atoms with van der Waals surface area (Å²) in [5.41, 5.74) is -0.748. The normalized spacial score (nSPS) is 32.4. The lowest BCUT2D eigenvalue weighted by Crippen LogP contribution is -2.65. The molecular formula is C22H26ClFN2O4. The summed E-state index contributed by atoms with van der Waals surface area (Å²) in [6.07, 6.45) is 3.89. The van der Waals surface area contributed by atoms with E-state index in [1.54, 1.807) is 0 Å². The van der Waals surface area contributed by atoms with Crippen LogP contribution in [0, 0.1) is 23.1 Å². The summed E-state index contributed by atoms with van der Waals surface area (Å²) in [7, 11) is 0. The average Bonchev–Trinajstić information content (AvgIpc) is 2.61. The van der Waals surface area contributed by atoms with Gasteiger partial charge in [-0.15, -0.1) is 0 Å². The van der Waals surface area contributed by atoms with Crippen molar-refractivity contribution in [2.24, 2.45) is 17.3 Å². The van der Waals surface area contributed by atoms with Crippen molar-refractivity contribution in [1.29, 1.82) is 0 Å². The number of benzene rings is 1. The Kier molecular flexibility index (Phi) is 5.29. The van der Waals surface area contributed by atoms with Crippen LogP contribution in [0.15, 0.2) is 18.2 Å². The summed E-state index contributed by atoms with van der Waals surface area (Å²) in [5.74, 6) is -0.727. The van der Waals surface area contributed by atoms with E-state index in [0.29, 0.717) is 18.3 Å². The number of amides is 2. The highest BCUT2D eigenvalue weighted by Crippen LogP contribution is 2.62. The second-order valence-electron chi connectivity index (χ2n) is 9.36. The average molecular weight is 437 g/mol. The SMILES string of the molecule is CC(=O)NC12C[C@H]3C[C@@H](C1)CC(C(=O)O[C@H](C)C(=O)Nc1ccc(F)cc1Cl)(C3)C2. The molecule has 0 heterocycles. The van der Waals surface area contributed by atoms with Crippen LogP contribution in [0.3, 0.4) is 0 Å². The van der Waals surface area contributed by atoms with Crippen LogP contribution in [0.5, 0.6) is 0 Å². The maximum Gasteiger partial charge on any atom is 0.312 e. The van der Waals surface area contributed by atoms with Crippen LogP contribution >= 0.6 is 11.6 Å². The molecule has 162 valence electrons. The first-order valence-corrected chi connectivity index (χ1v) is 10.7. The van der Waals surface area contributed by atoms with Crippen molar-refractivity contribution in [2.45, 2.75) is 64.0 Å². The van der Waals surface area contributed by atoms with Crippen molar-refractivity contribution < 1.29 is 23.5 Å². The smallest absolute Gasteiger partial charge is 0.312 e. The Bertz CT molecular complexity index is 891. The van der Waals surface area contributed by atoms with Gasteiger partial charge in [-0.05, 0) is 75.5 Å². The second kappa shape index (κ2) is 7.52. The maximum absolute atomic E-state index is 13.2. The topological polar surface area (TPSA) is 84.5 Å². The number of halogens is 2. The molecule has 1 aromatic rings. The molecule has 6 nitrogen and oxygen atoms in total. The van der Waals surface area contributed by atoms with E-state index in [2.05, 4.69) is 10.6 Å². The molecule has 0 saturated heterocycles. The number of carbonyl (C=O) groups is 3. The Morgan fingerprint density at radius 3 is 2.47 bits per heavy atom. The first kappa shape index (κ1) is 21.1. The zero-order valence-electron chi connectivity index (χ0n) is 17.1. The van der Waals surface area contributed by atoms with Crippen molar-refractivity contribution in [2.75, 3.05) is 5.32 Å². The highest BCUT2D eigenvalue weighted by Gasteiger charge is 2.61. The Labute approximate surface area is 179 Å². The van der Waals surface area contributed by atoms with Crippen molar-refractivity contribution in [3.63, 3.8) is 0 Å². The molecule has 2 unspecified atom stereocenters. The van der Waals surface area contributed by atoms with Crippen molar-refractivity contribution in [3.05, 3.63) is 29.0 Å². The van der Waals surface area contributed by atoms with E-state index < -0.39 is 23.2 Å². The predicted octanol–water partition coefficient (Wildman–Crippen LogP) is 3.82. The zero-order valence-corrected chi connectivity index (χ0v) is 17.9. The Hall–Kier alpha value is -2.15. The molecule has 4 bridgehead atoms. The van der Waals surface area contributed by atoms with Crippen LogP contribution < -0.4 is 10.6 Å². The quantitative estimate of drug-likeness (QED) is 0.687. The van der Waals surface area contributed by atoms with Crippen molar-refractivity contribution in [3.8, 4) is 0 Å². The molecule has 4 saturated carbocycles. The highest BCUT2D eigenvalue weighted by molar-refractivity contribution is 6.33. The summed E-state index contributed by atoms with van der Waals surface area (Å²) in [5, 5.41) is 5.76. The van der Waals surface area contributed by atoms with E-state index in [1.807, 2.05) is 0 Å². The lowest BCUT2D eigenvalue weighted by atomic mass is 9.47. The van der Waals surface area contributed by atoms with Gasteiger partial charge < -0.3 is 15.4 Å². The molecule has 4 aliphatic rings. The third-order valence-electron chi connectivity index (χ3n) is 6.78. The minimum Gasteiger partial charge on any atom is -0.452 e. The number of rotatable bonds is 5. The van der Waals surface area contributed by atoms with Gasteiger partial charge in [0.25, 0.3) is 5.91 Å². The van der Waals surface area contributed by atoms with E-state index in [-0.39, 0.29) is 28.1 Å². The van der Waals surface area contributed by atoms with E-state index in [1.165, 1.54) is 26.0 Å². The number of nitrogens with one attached hydrogen (secondary N) is 2. The number of carbonyl (C=O) groups excluding carboxylic acids is 3. The van der Waals surface area contributed by atoms with Gasteiger partial charge in [0.2, 0.25) is 5.91 Å². The molecule has 30 heavy (non-hydrogen) atoms. The van der Waals surface area contributed by atoms with Gasteiger partial charge in [0, 0.05) is 12.5 Å². The Morgan fingerprint density at radius 1 is 1.20 bits per heavy atom. The van der Waals surface area contributed by atoms with Crippen LogP contribution in [-0.2, 0) is 19.1 Å². The highest BCUT2D eigenvalue weighted by atomic mass is 35.5. The molecular weight excluding hydrogens is 411 g/mol. The number of hydrogen-bond donors (Lipinski definition) is 2. The van der Waals surface area contributed by atoms with Gasteiger partial charge in [-0.2, -0.15) is 0 Å². The molecule has 4 fully saturated rings. The molecule has 2 amide bonds. The lowest BCUT2D eigenvalue weighted by molar-refractivity contribution is -0.181. The lowest BCUT2D eigenvalue weighted by Gasteiger charge is -2.60. The Balaban J connectivity index is 1.45. The minimum atomic E-state index is -1.02. The summed E-state index contributed by atoms with van der Waals surface area (Å²) in [6.45, 7) is 3.02. The van der Waals surface area contributed by atoms with Crippen LogP contribution in [0.2, 0.25) is 5.02 Å². The van der Waals surface area contributed by atoms with Crippen LogP contribution in [0.4, 0.5) is 10.1 Å². The summed E-state index contributed by atoms with van der Waals surface area (Å²) in [6, 6.07) is 3.65. The van der Waals surface area contributed by atoms with Gasteiger partial charge in [-0.1, -0.05) is 11.6 Å². The molecule has 5 atom stereocenters. The van der Waals surface area contributed by atoms with Gasteiger partial charge in [0.15, 0.2) is 6.10 Å². The molecule has 0 radical (unpaired) electrons. The molecule has 8 heteroatoms. The van der Waals surface area contributed by atoms with Gasteiger partial charge >= 0.3 is 5.97 Å². The van der Waals surface area contributed by atoms with E-state index in [9.17, 15) is 18.8 Å². The Morgan fingerprint density at radius 2 is 1.87 bits per heavy atom. The van der Waals surface area contributed by atoms with Crippen molar-refractivity contribution in [1.82, 2.24) is 5.32 Å². The van der Waals surface area contributed by atoms with E-state index in [4.69, 9.17) is 16.3 Å². The fourth-order valence-electron chi connectivity index (χ4n) is 6.19. The summed E-state index contributed by atoms with van der Waals surface area (Å²) < 4.78 is 18.8. The standard InChI is InChI=1S/C22H26ClFN2O4/c1-12(19(28)25-18-4-3-16(24)6-17(18)23)30-20(29)21-7-14-5-15(8-21)10-22(9-14,11-21)26-13(2)27/h3-4,6,12,14-15H,5,7-11H2,1-2H3,(H,25,28)(H,26,27)/t12-,14-,15+,21?,22?/m1/s1.